The van der Waals surface area contributed by atoms with E-state index >= 15 is 0 Å². The molecule has 0 aliphatic rings. The van der Waals surface area contributed by atoms with Crippen LogP contribution in [0.2, 0.25) is 0 Å². The minimum Gasteiger partial charge on any atom is -0.462 e. The van der Waals surface area contributed by atoms with Crippen molar-refractivity contribution in [3.8, 4) is 0 Å². The molecule has 6 nitrogen and oxygen atoms in total. The molecule has 0 N–H and O–H groups in total. The fourth-order valence-corrected chi connectivity index (χ4v) is 7.34. The smallest absolute Gasteiger partial charge is 0.306 e. The lowest BCUT2D eigenvalue weighted by atomic mass is 10.1. The lowest BCUT2D eigenvalue weighted by molar-refractivity contribution is -0.167. The summed E-state index contributed by atoms with van der Waals surface area (Å²) in [5.74, 6) is -0.943. The zero-order valence-corrected chi connectivity index (χ0v) is 44.5. The van der Waals surface area contributed by atoms with Gasteiger partial charge in [-0.05, 0) is 122 Å². The maximum atomic E-state index is 12.8. The third-order valence-electron chi connectivity index (χ3n) is 11.4. The Kier molecular flexibility index (Phi) is 53.0. The summed E-state index contributed by atoms with van der Waals surface area (Å²) in [7, 11) is 0. The molecule has 1 unspecified atom stereocenters. The SMILES string of the molecule is CC/C=C\C/C=C\C/C=C\C/C=C\CCCCCCCCCCC(=O)OCC(COC(=O)CCCCCCC/C=C\C/C=C\C/C=C\CC)OC(=O)CCCCCCC/C=C\C/C=C\C/C=C\CC. The van der Waals surface area contributed by atoms with E-state index in [1.54, 1.807) is 0 Å². The molecule has 0 saturated carbocycles. The molecule has 0 amide bonds. The standard InChI is InChI=1S/C63H102O6/c1-4-7-10-13-16-19-22-25-28-29-30-31-32-33-36-38-41-44-47-50-53-56-62(65)68-59-60(69-63(66)57-54-51-48-45-42-39-35-27-24-21-18-15-12-9-6-3)58-67-61(64)55-52-49-46-43-40-37-34-26-23-20-17-14-11-8-5-2/h7-12,16-21,25-28,30-31,34-35,60H,4-6,13-15,22-24,29,32-33,36-59H2,1-3H3/b10-7-,11-8-,12-9-,19-16-,20-17-,21-18-,28-25-,31-30-,34-26-,35-27-. The van der Waals surface area contributed by atoms with Gasteiger partial charge in [-0.2, -0.15) is 0 Å². The van der Waals surface area contributed by atoms with E-state index < -0.39 is 6.10 Å². The van der Waals surface area contributed by atoms with Crippen molar-refractivity contribution in [3.05, 3.63) is 122 Å². The Hall–Kier alpha value is -4.19. The summed E-state index contributed by atoms with van der Waals surface area (Å²) in [4.78, 5) is 38.1. The van der Waals surface area contributed by atoms with E-state index in [9.17, 15) is 14.4 Å². The van der Waals surface area contributed by atoms with Crippen LogP contribution in [0.15, 0.2) is 122 Å². The van der Waals surface area contributed by atoms with Gasteiger partial charge in [0.2, 0.25) is 0 Å². The molecule has 0 rings (SSSR count). The molecule has 390 valence electrons. The highest BCUT2D eigenvalue weighted by molar-refractivity contribution is 5.71. The Balaban J connectivity index is 4.44. The molecule has 0 saturated heterocycles. The molecule has 0 fully saturated rings. The summed E-state index contributed by atoms with van der Waals surface area (Å²) in [5, 5.41) is 0. The number of esters is 3. The molecule has 0 aromatic carbocycles. The lowest BCUT2D eigenvalue weighted by Gasteiger charge is -2.18. The lowest BCUT2D eigenvalue weighted by Crippen LogP contribution is -2.30. The van der Waals surface area contributed by atoms with Gasteiger partial charge in [-0.1, -0.05) is 219 Å². The molecule has 0 aromatic rings. The van der Waals surface area contributed by atoms with Crippen LogP contribution >= 0.6 is 0 Å². The van der Waals surface area contributed by atoms with E-state index in [-0.39, 0.29) is 31.1 Å². The minimum atomic E-state index is -0.802. The molecule has 6 heteroatoms. The van der Waals surface area contributed by atoms with Gasteiger partial charge in [0.15, 0.2) is 6.10 Å². The maximum absolute atomic E-state index is 12.8. The van der Waals surface area contributed by atoms with E-state index in [4.69, 9.17) is 14.2 Å². The third kappa shape index (κ3) is 54.6. The number of carbonyl (C=O) groups is 3. The van der Waals surface area contributed by atoms with Crippen LogP contribution in [0, 0.1) is 0 Å². The Morgan fingerprint density at radius 2 is 0.522 bits per heavy atom. The van der Waals surface area contributed by atoms with Crippen molar-refractivity contribution >= 4 is 17.9 Å². The van der Waals surface area contributed by atoms with Crippen LogP contribution in [0.5, 0.6) is 0 Å². The average Bonchev–Trinajstić information content (AvgIpc) is 3.35. The maximum Gasteiger partial charge on any atom is 0.306 e. The fraction of sp³-hybridized carbons (Fsp3) is 0.635. The summed E-state index contributed by atoms with van der Waals surface area (Å²) >= 11 is 0. The molecule has 0 heterocycles. The van der Waals surface area contributed by atoms with E-state index in [0.29, 0.717) is 19.3 Å². The number of hydrogen-bond donors (Lipinski definition) is 0. The predicted octanol–water partition coefficient (Wildman–Crippen LogP) is 18.9. The van der Waals surface area contributed by atoms with Crippen LogP contribution in [-0.2, 0) is 28.6 Å². The second kappa shape index (κ2) is 56.4. The van der Waals surface area contributed by atoms with E-state index in [1.165, 1.54) is 32.1 Å². The van der Waals surface area contributed by atoms with Crippen LogP contribution in [0.4, 0.5) is 0 Å². The molecule has 0 bridgehead atoms. The van der Waals surface area contributed by atoms with Gasteiger partial charge in [-0.15, -0.1) is 0 Å². The average molecular weight is 956 g/mol. The van der Waals surface area contributed by atoms with Crippen molar-refractivity contribution in [3.63, 3.8) is 0 Å². The Morgan fingerprint density at radius 3 is 0.812 bits per heavy atom. The number of rotatable bonds is 49. The molecular formula is C63H102O6. The van der Waals surface area contributed by atoms with Gasteiger partial charge in [0.1, 0.15) is 13.2 Å². The topological polar surface area (TPSA) is 78.9 Å². The van der Waals surface area contributed by atoms with Crippen LogP contribution in [0.3, 0.4) is 0 Å². The predicted molar refractivity (Wildman–Crippen MR) is 297 cm³/mol. The van der Waals surface area contributed by atoms with Gasteiger partial charge >= 0.3 is 17.9 Å². The highest BCUT2D eigenvalue weighted by Gasteiger charge is 2.19. The van der Waals surface area contributed by atoms with Crippen molar-refractivity contribution in [1.82, 2.24) is 0 Å². The van der Waals surface area contributed by atoms with Crippen LogP contribution in [0.1, 0.15) is 239 Å². The van der Waals surface area contributed by atoms with Crippen LogP contribution < -0.4 is 0 Å². The quantitative estimate of drug-likeness (QED) is 0.0262. The van der Waals surface area contributed by atoms with Crippen molar-refractivity contribution < 1.29 is 28.6 Å². The Bertz CT molecular complexity index is 1470. The van der Waals surface area contributed by atoms with Gasteiger partial charge in [-0.25, -0.2) is 0 Å². The number of allylic oxidation sites excluding steroid dienone is 20. The first-order valence-electron chi connectivity index (χ1n) is 28.0. The first-order chi connectivity index (χ1) is 34.0. The summed E-state index contributed by atoms with van der Waals surface area (Å²) in [6.07, 6.45) is 77.5. The zero-order valence-electron chi connectivity index (χ0n) is 44.5. The van der Waals surface area contributed by atoms with Crippen LogP contribution in [-0.4, -0.2) is 37.2 Å². The van der Waals surface area contributed by atoms with Crippen molar-refractivity contribution in [2.75, 3.05) is 13.2 Å². The van der Waals surface area contributed by atoms with Gasteiger partial charge in [0.05, 0.1) is 0 Å². The molecule has 0 aromatic heterocycles. The van der Waals surface area contributed by atoms with Gasteiger partial charge in [0.25, 0.3) is 0 Å². The summed E-state index contributed by atoms with van der Waals surface area (Å²) in [6, 6.07) is 0. The number of ether oxygens (including phenoxy) is 3. The summed E-state index contributed by atoms with van der Waals surface area (Å²) in [6.45, 7) is 6.26. The first-order valence-corrected chi connectivity index (χ1v) is 28.0. The highest BCUT2D eigenvalue weighted by Crippen LogP contribution is 2.14. The Morgan fingerprint density at radius 1 is 0.290 bits per heavy atom. The normalized spacial score (nSPS) is 13.0. The molecular weight excluding hydrogens is 853 g/mol. The second-order valence-electron chi connectivity index (χ2n) is 18.0. The first kappa shape index (κ1) is 64.8. The monoisotopic (exact) mass is 955 g/mol. The molecule has 0 spiro atoms. The van der Waals surface area contributed by atoms with Crippen molar-refractivity contribution in [2.24, 2.45) is 0 Å². The van der Waals surface area contributed by atoms with Gasteiger partial charge in [0, 0.05) is 19.3 Å². The third-order valence-corrected chi connectivity index (χ3v) is 11.4. The summed E-state index contributed by atoms with van der Waals surface area (Å²) in [5.41, 5.74) is 0. The van der Waals surface area contributed by atoms with Gasteiger partial charge in [-0.3, -0.25) is 14.4 Å². The fourth-order valence-electron chi connectivity index (χ4n) is 7.34. The van der Waals surface area contributed by atoms with Crippen molar-refractivity contribution in [2.45, 2.75) is 245 Å². The molecule has 69 heavy (non-hydrogen) atoms. The van der Waals surface area contributed by atoms with E-state index in [1.807, 2.05) is 0 Å². The largest absolute Gasteiger partial charge is 0.462 e. The van der Waals surface area contributed by atoms with Crippen molar-refractivity contribution in [1.29, 1.82) is 0 Å². The minimum absolute atomic E-state index is 0.0982. The zero-order chi connectivity index (χ0) is 50.0. The number of carbonyl (C=O) groups excluding carboxylic acids is 3. The molecule has 0 radical (unpaired) electrons. The summed E-state index contributed by atoms with van der Waals surface area (Å²) < 4.78 is 16.8. The van der Waals surface area contributed by atoms with Gasteiger partial charge < -0.3 is 14.2 Å². The number of unbranched alkanes of at least 4 members (excludes halogenated alkanes) is 18. The molecule has 0 aliphatic heterocycles. The highest BCUT2D eigenvalue weighted by atomic mass is 16.6. The van der Waals surface area contributed by atoms with E-state index in [2.05, 4.69) is 142 Å². The Labute approximate surface area is 424 Å². The van der Waals surface area contributed by atoms with Crippen LogP contribution in [0.25, 0.3) is 0 Å². The van der Waals surface area contributed by atoms with E-state index in [0.717, 1.165) is 167 Å². The molecule has 0 aliphatic carbocycles. The number of hydrogen-bond acceptors (Lipinski definition) is 6. The molecule has 1 atom stereocenters. The second-order valence-corrected chi connectivity index (χ2v) is 18.0.